The summed E-state index contributed by atoms with van der Waals surface area (Å²) in [5, 5.41) is 14.8. The Morgan fingerprint density at radius 2 is 1.60 bits per heavy atom. The molecule has 2 N–H and O–H groups in total. The van der Waals surface area contributed by atoms with E-state index in [0.717, 1.165) is 25.6 Å². The lowest BCUT2D eigenvalue weighted by Gasteiger charge is -2.20. The second-order valence-electron chi connectivity index (χ2n) is 8.02. The Morgan fingerprint density at radius 1 is 1.12 bits per heavy atom. The van der Waals surface area contributed by atoms with E-state index in [1.165, 1.54) is 44.9 Å². The summed E-state index contributed by atoms with van der Waals surface area (Å²) < 4.78 is 57.1. The average Bonchev–Trinajstić information content (AvgIpc) is 3.63. The number of aliphatic hydroxyl groups excluding tert-OH is 1. The van der Waals surface area contributed by atoms with E-state index in [1.54, 1.807) is 13.8 Å². The number of sulfonamides is 1. The second kappa shape index (κ2) is 26.1. The molecule has 1 fully saturated rings. The van der Waals surface area contributed by atoms with Gasteiger partial charge in [-0.15, -0.1) is 47.3 Å². The van der Waals surface area contributed by atoms with Crippen LogP contribution < -0.4 is 4.72 Å². The highest BCUT2D eigenvalue weighted by Gasteiger charge is 2.26. The molecule has 0 saturated carbocycles. The summed E-state index contributed by atoms with van der Waals surface area (Å²) in [6, 6.07) is -0.298. The van der Waals surface area contributed by atoms with Crippen LogP contribution >= 0.6 is 24.0 Å². The summed E-state index contributed by atoms with van der Waals surface area (Å²) in [4.78, 5) is 7.56. The Hall–Kier alpha value is -1.79. The maximum Gasteiger partial charge on any atom is 0.238 e. The lowest BCUT2D eigenvalue weighted by molar-refractivity contribution is 0.0902. The molecule has 12 nitrogen and oxygen atoms in total. The molecule has 0 aliphatic carbocycles. The number of nitrogens with zero attached hydrogens (tertiary/aromatic N) is 5. The maximum atomic E-state index is 12.9. The zero-order valence-corrected chi connectivity index (χ0v) is 27.9. The van der Waals surface area contributed by atoms with Crippen LogP contribution in [0.5, 0.6) is 0 Å². The van der Waals surface area contributed by atoms with Crippen LogP contribution in [0.3, 0.4) is 0 Å². The highest BCUT2D eigenvalue weighted by Crippen LogP contribution is 2.17. The van der Waals surface area contributed by atoms with Crippen molar-refractivity contribution < 1.29 is 33.6 Å². The first-order chi connectivity index (χ1) is 18.6. The van der Waals surface area contributed by atoms with Crippen molar-refractivity contribution in [1.29, 1.82) is 0 Å². The average molecular weight is 709 g/mol. The van der Waals surface area contributed by atoms with Crippen molar-refractivity contribution in [2.24, 2.45) is 0 Å². The lowest BCUT2D eigenvalue weighted by atomic mass is 10.3. The number of methoxy groups -OCH3 is 2. The van der Waals surface area contributed by atoms with Crippen molar-refractivity contribution in [2.75, 3.05) is 45.4 Å². The Kier molecular flexibility index (Phi) is 27.9. The van der Waals surface area contributed by atoms with E-state index in [4.69, 9.17) is 19.3 Å². The van der Waals surface area contributed by atoms with Crippen molar-refractivity contribution >= 4 is 39.9 Å². The first-order valence-corrected chi connectivity index (χ1v) is 14.3. The number of hydrogen-bond acceptors (Lipinski definition) is 10. The van der Waals surface area contributed by atoms with Crippen molar-refractivity contribution in [2.45, 2.75) is 71.3 Å². The minimum absolute atomic E-state index is 0. The van der Waals surface area contributed by atoms with E-state index >= 15 is 0 Å². The van der Waals surface area contributed by atoms with Gasteiger partial charge in [-0.2, -0.15) is 0 Å². The van der Waals surface area contributed by atoms with Gasteiger partial charge in [-0.1, -0.05) is 13.8 Å². The third-order valence-corrected chi connectivity index (χ3v) is 6.11. The predicted octanol–water partition coefficient (Wildman–Crippen LogP) is 4.29. The molecule has 0 spiro atoms. The summed E-state index contributed by atoms with van der Waals surface area (Å²) in [5.41, 5.74) is 0. The van der Waals surface area contributed by atoms with Crippen molar-refractivity contribution in [3.8, 4) is 0 Å². The molecule has 1 aliphatic rings. The smallest absolute Gasteiger partial charge is 0.238 e. The molecule has 2 aromatic heterocycles. The molecule has 2 aromatic rings. The van der Waals surface area contributed by atoms with E-state index in [-0.39, 0.29) is 55.7 Å². The standard InChI is InChI=1S/C14H21FN6O4S.C4H8O.C3H8O.C2H6.C2H4.HI.H2/c1-10(4-13-16-5-11(15)6-17-13)26(22,23)20-14-19-18-9-21(14)12(7-24-2)8-25-3;1-2-4-5-3-1;1-3(2)4;2*1-2;;/h5-6,9-10,12H,4,7-8H2,1-3H3,(H,19,20);1-4H2;3-4H,1-2H3;1-2H3;1-2H2;2*1H/t10-;;;;;;/m0....../s1. The number of rotatable bonds is 10. The van der Waals surface area contributed by atoms with Crippen LogP contribution in [0.1, 0.15) is 60.8 Å². The quantitative estimate of drug-likeness (QED) is 0.270. The Labute approximate surface area is 257 Å². The zero-order valence-electron chi connectivity index (χ0n) is 24.7. The molecule has 1 saturated heterocycles. The molecule has 0 amide bonds. The van der Waals surface area contributed by atoms with E-state index in [2.05, 4.69) is 38.0 Å². The minimum Gasteiger partial charge on any atom is -0.394 e. The first-order valence-electron chi connectivity index (χ1n) is 12.7. The first kappa shape index (κ1) is 42.7. The van der Waals surface area contributed by atoms with Crippen molar-refractivity contribution in [3.63, 3.8) is 0 Å². The fourth-order valence-corrected chi connectivity index (χ4v) is 3.70. The molecule has 0 unspecified atom stereocenters. The highest BCUT2D eigenvalue weighted by molar-refractivity contribution is 14.0. The van der Waals surface area contributed by atoms with Gasteiger partial charge in [0, 0.05) is 41.4 Å². The fraction of sp³-hybridized carbons (Fsp3) is 0.680. The van der Waals surface area contributed by atoms with Crippen LogP contribution in [0.25, 0.3) is 0 Å². The molecule has 1 atom stereocenters. The van der Waals surface area contributed by atoms with Gasteiger partial charge in [-0.25, -0.2) is 22.8 Å². The monoisotopic (exact) mass is 708 g/mol. The highest BCUT2D eigenvalue weighted by atomic mass is 127. The van der Waals surface area contributed by atoms with Gasteiger partial charge < -0.3 is 19.3 Å². The fourth-order valence-electron chi connectivity index (χ4n) is 2.73. The number of hydrogen-bond donors (Lipinski definition) is 2. The molecule has 236 valence electrons. The van der Waals surface area contributed by atoms with E-state index in [1.807, 2.05) is 13.8 Å². The van der Waals surface area contributed by atoms with Crippen LogP contribution in [0.2, 0.25) is 0 Å². The number of nitrogens with one attached hydrogen (secondary N) is 1. The van der Waals surface area contributed by atoms with Crippen LogP contribution in [-0.4, -0.2) is 90.3 Å². The number of aromatic nitrogens is 5. The number of aliphatic hydroxyl groups is 1. The number of ether oxygens (including phenoxy) is 3. The third-order valence-electron chi connectivity index (χ3n) is 4.42. The summed E-state index contributed by atoms with van der Waals surface area (Å²) in [5.74, 6) is -0.309. The number of anilines is 1. The van der Waals surface area contributed by atoms with Gasteiger partial charge in [0.15, 0.2) is 5.82 Å². The van der Waals surface area contributed by atoms with Gasteiger partial charge in [-0.05, 0) is 33.6 Å². The summed E-state index contributed by atoms with van der Waals surface area (Å²) in [6.07, 6.45) is 5.79. The van der Waals surface area contributed by atoms with Gasteiger partial charge in [-0.3, -0.25) is 9.29 Å². The van der Waals surface area contributed by atoms with Crippen LogP contribution in [0.4, 0.5) is 10.3 Å². The Morgan fingerprint density at radius 3 is 2.00 bits per heavy atom. The number of halogens is 2. The molecule has 0 aromatic carbocycles. The SMILES string of the molecule is C1CCOC1.C=C.CC.CC(C)O.COCC(COC)n1cnnc1NS(=O)(=O)[C@@H](C)Cc1ncc(F)cn1.I.[HH]. The normalized spacial score (nSPS) is 12.7. The van der Waals surface area contributed by atoms with Gasteiger partial charge in [0.1, 0.15) is 12.2 Å². The van der Waals surface area contributed by atoms with E-state index in [9.17, 15) is 12.8 Å². The summed E-state index contributed by atoms with van der Waals surface area (Å²) in [6.45, 7) is 17.5. The Bertz CT molecular complexity index is 940. The molecule has 40 heavy (non-hydrogen) atoms. The molecular weight excluding hydrogens is 658 g/mol. The predicted molar refractivity (Wildman–Crippen MR) is 168 cm³/mol. The maximum absolute atomic E-state index is 12.9. The largest absolute Gasteiger partial charge is 0.394 e. The molecule has 1 aliphatic heterocycles. The lowest BCUT2D eigenvalue weighted by Crippen LogP contribution is -2.30. The van der Waals surface area contributed by atoms with Crippen molar-refractivity contribution in [1.82, 2.24) is 24.7 Å². The van der Waals surface area contributed by atoms with Gasteiger partial charge in [0.2, 0.25) is 16.0 Å². The molecule has 0 radical (unpaired) electrons. The molecule has 0 bridgehead atoms. The third kappa shape index (κ3) is 19.3. The van der Waals surface area contributed by atoms with Crippen LogP contribution in [0, 0.1) is 5.82 Å². The zero-order chi connectivity index (χ0) is 30.3. The molecule has 15 heteroatoms. The van der Waals surface area contributed by atoms with Crippen LogP contribution in [-0.2, 0) is 30.7 Å². The van der Waals surface area contributed by atoms with Gasteiger partial charge in [0.05, 0.1) is 36.9 Å². The van der Waals surface area contributed by atoms with Gasteiger partial charge >= 0.3 is 0 Å². The summed E-state index contributed by atoms with van der Waals surface area (Å²) >= 11 is 0. The molecular formula is C25H50FIN6O6S. The molecule has 3 rings (SSSR count). The van der Waals surface area contributed by atoms with E-state index < -0.39 is 21.1 Å². The van der Waals surface area contributed by atoms with Crippen LogP contribution in [0.15, 0.2) is 31.9 Å². The second-order valence-corrected chi connectivity index (χ2v) is 10.1. The van der Waals surface area contributed by atoms with E-state index in [0.29, 0.717) is 13.2 Å². The summed E-state index contributed by atoms with van der Waals surface area (Å²) in [7, 11) is -0.747. The molecule has 3 heterocycles. The topological polar surface area (TPSA) is 151 Å². The minimum atomic E-state index is -3.81. The van der Waals surface area contributed by atoms with Crippen molar-refractivity contribution in [3.05, 3.63) is 43.5 Å². The Balaban J connectivity index is -0.000000383. The van der Waals surface area contributed by atoms with Gasteiger partial charge in [0.25, 0.3) is 0 Å².